The van der Waals surface area contributed by atoms with Crippen molar-refractivity contribution in [2.75, 3.05) is 4.90 Å². The molecule has 8 rings (SSSR count). The monoisotopic (exact) mass is 557 g/mol. The van der Waals surface area contributed by atoms with E-state index in [0.29, 0.717) is 0 Å². The molecule has 42 heavy (non-hydrogen) atoms. The lowest BCUT2D eigenvalue weighted by molar-refractivity contribution is 0.660. The Kier molecular flexibility index (Phi) is 5.64. The maximum absolute atomic E-state index is 2.40. The summed E-state index contributed by atoms with van der Waals surface area (Å²) in [5, 5.41) is 2.67. The van der Waals surface area contributed by atoms with Crippen LogP contribution in [0.25, 0.3) is 42.4 Å². The highest BCUT2D eigenvalue weighted by atomic mass is 32.1. The number of hydrogen-bond acceptors (Lipinski definition) is 2. The number of benzene rings is 6. The van der Waals surface area contributed by atoms with Crippen molar-refractivity contribution in [3.05, 3.63) is 150 Å². The van der Waals surface area contributed by atoms with Gasteiger partial charge in [-0.05, 0) is 82.8 Å². The van der Waals surface area contributed by atoms with Crippen LogP contribution in [0.2, 0.25) is 0 Å². The molecule has 1 nitrogen and oxygen atoms in total. The molecule has 0 radical (unpaired) electrons. The van der Waals surface area contributed by atoms with Gasteiger partial charge in [0, 0.05) is 42.6 Å². The predicted molar refractivity (Wildman–Crippen MR) is 182 cm³/mol. The first-order valence-corrected chi connectivity index (χ1v) is 15.4. The minimum absolute atomic E-state index is 0.0479. The van der Waals surface area contributed by atoms with Gasteiger partial charge in [-0.15, -0.1) is 11.3 Å². The number of aryl methyl sites for hydroxylation is 1. The number of nitrogens with zero attached hydrogens (tertiary/aromatic N) is 1. The molecule has 0 aliphatic heterocycles. The summed E-state index contributed by atoms with van der Waals surface area (Å²) in [6, 6.07) is 49.2. The Labute approximate surface area is 251 Å². The van der Waals surface area contributed by atoms with E-state index in [2.05, 4.69) is 159 Å². The number of thiophene rings is 1. The molecular formula is C40H31NS. The molecule has 0 fully saturated rings. The third-order valence-electron chi connectivity index (χ3n) is 8.96. The first kappa shape index (κ1) is 25.1. The van der Waals surface area contributed by atoms with Crippen molar-refractivity contribution < 1.29 is 0 Å². The Morgan fingerprint density at radius 3 is 1.95 bits per heavy atom. The van der Waals surface area contributed by atoms with Crippen molar-refractivity contribution in [2.24, 2.45) is 0 Å². The summed E-state index contributed by atoms with van der Waals surface area (Å²) >= 11 is 1.88. The maximum atomic E-state index is 2.40. The molecule has 1 aromatic heterocycles. The van der Waals surface area contributed by atoms with Gasteiger partial charge in [-0.25, -0.2) is 0 Å². The molecule has 0 spiro atoms. The average Bonchev–Trinajstić information content (AvgIpc) is 3.51. The normalized spacial score (nSPS) is 13.3. The molecule has 0 saturated carbocycles. The highest BCUT2D eigenvalue weighted by Gasteiger charge is 2.35. The number of anilines is 3. The smallest absolute Gasteiger partial charge is 0.0465 e. The molecule has 1 aliphatic rings. The average molecular weight is 558 g/mol. The standard InChI is InChI=1S/C40H31NS/c1-26-15-19-28(20-16-26)41(30-23-24-33-32-9-4-6-13-36(32)40(2,3)37(33)25-30)29-21-17-27(18-22-29)31-11-8-12-35-34-10-5-7-14-38(34)42-39(31)35/h4-25H,1-3H3. The molecule has 0 saturated heterocycles. The topological polar surface area (TPSA) is 3.24 Å². The highest BCUT2D eigenvalue weighted by Crippen LogP contribution is 2.50. The van der Waals surface area contributed by atoms with Crippen LogP contribution in [0.5, 0.6) is 0 Å². The summed E-state index contributed by atoms with van der Waals surface area (Å²) in [4.78, 5) is 2.39. The van der Waals surface area contributed by atoms with Gasteiger partial charge in [0.25, 0.3) is 0 Å². The van der Waals surface area contributed by atoms with Gasteiger partial charge < -0.3 is 4.90 Å². The van der Waals surface area contributed by atoms with E-state index in [-0.39, 0.29) is 5.41 Å². The van der Waals surface area contributed by atoms with Crippen LogP contribution < -0.4 is 4.90 Å². The zero-order valence-corrected chi connectivity index (χ0v) is 24.9. The zero-order chi connectivity index (χ0) is 28.4. The van der Waals surface area contributed by atoms with Gasteiger partial charge in [0.05, 0.1) is 0 Å². The highest BCUT2D eigenvalue weighted by molar-refractivity contribution is 7.26. The lowest BCUT2D eigenvalue weighted by Gasteiger charge is -2.28. The molecule has 0 unspecified atom stereocenters. The van der Waals surface area contributed by atoms with Gasteiger partial charge in [0.2, 0.25) is 0 Å². The third kappa shape index (κ3) is 3.83. The van der Waals surface area contributed by atoms with E-state index in [0.717, 1.165) is 11.4 Å². The van der Waals surface area contributed by atoms with Crippen molar-refractivity contribution in [1.82, 2.24) is 0 Å². The lowest BCUT2D eigenvalue weighted by atomic mass is 9.82. The SMILES string of the molecule is Cc1ccc(N(c2ccc(-c3cccc4c3sc3ccccc34)cc2)c2ccc3c(c2)C(C)(C)c2ccccc2-3)cc1. The van der Waals surface area contributed by atoms with Crippen molar-refractivity contribution in [3.8, 4) is 22.3 Å². The van der Waals surface area contributed by atoms with Crippen LogP contribution in [0.4, 0.5) is 17.1 Å². The second-order valence-corrected chi connectivity index (χ2v) is 13.0. The second kappa shape index (κ2) is 9.44. The molecule has 0 amide bonds. The minimum Gasteiger partial charge on any atom is -0.310 e. The molecule has 202 valence electrons. The van der Waals surface area contributed by atoms with Crippen molar-refractivity contribution in [3.63, 3.8) is 0 Å². The van der Waals surface area contributed by atoms with Crippen molar-refractivity contribution in [2.45, 2.75) is 26.2 Å². The van der Waals surface area contributed by atoms with Crippen LogP contribution >= 0.6 is 11.3 Å². The summed E-state index contributed by atoms with van der Waals surface area (Å²) in [6.07, 6.45) is 0. The summed E-state index contributed by atoms with van der Waals surface area (Å²) in [6.45, 7) is 6.84. The van der Waals surface area contributed by atoms with Crippen LogP contribution in [0.1, 0.15) is 30.5 Å². The fourth-order valence-electron chi connectivity index (χ4n) is 6.74. The molecule has 1 aliphatic carbocycles. The number of fused-ring (bicyclic) bond motifs is 6. The molecule has 0 bridgehead atoms. The second-order valence-electron chi connectivity index (χ2n) is 11.9. The summed E-state index contributed by atoms with van der Waals surface area (Å²) in [5.41, 5.74) is 12.7. The molecular weight excluding hydrogens is 527 g/mol. The fraction of sp³-hybridized carbons (Fsp3) is 0.100. The van der Waals surface area contributed by atoms with Gasteiger partial charge in [0.1, 0.15) is 0 Å². The van der Waals surface area contributed by atoms with E-state index < -0.39 is 0 Å². The fourth-order valence-corrected chi connectivity index (χ4v) is 7.98. The molecule has 6 aromatic carbocycles. The van der Waals surface area contributed by atoms with Crippen LogP contribution in [0.3, 0.4) is 0 Å². The van der Waals surface area contributed by atoms with Crippen LogP contribution in [0, 0.1) is 6.92 Å². The van der Waals surface area contributed by atoms with Crippen molar-refractivity contribution in [1.29, 1.82) is 0 Å². The first-order valence-electron chi connectivity index (χ1n) is 14.6. The van der Waals surface area contributed by atoms with E-state index >= 15 is 0 Å². The molecule has 1 heterocycles. The Balaban J connectivity index is 1.25. The van der Waals surface area contributed by atoms with Gasteiger partial charge in [0.15, 0.2) is 0 Å². The van der Waals surface area contributed by atoms with Crippen LogP contribution in [-0.2, 0) is 5.41 Å². The van der Waals surface area contributed by atoms with E-state index in [9.17, 15) is 0 Å². The summed E-state index contributed by atoms with van der Waals surface area (Å²) in [7, 11) is 0. The van der Waals surface area contributed by atoms with E-state index in [1.807, 2.05) is 11.3 Å². The predicted octanol–water partition coefficient (Wildman–Crippen LogP) is 11.8. The lowest BCUT2D eigenvalue weighted by Crippen LogP contribution is -2.16. The minimum atomic E-state index is -0.0479. The number of hydrogen-bond donors (Lipinski definition) is 0. The first-order chi connectivity index (χ1) is 20.5. The molecule has 0 atom stereocenters. The van der Waals surface area contributed by atoms with E-state index in [4.69, 9.17) is 0 Å². The number of rotatable bonds is 4. The van der Waals surface area contributed by atoms with Crippen LogP contribution in [0.15, 0.2) is 133 Å². The zero-order valence-electron chi connectivity index (χ0n) is 24.1. The van der Waals surface area contributed by atoms with Crippen molar-refractivity contribution >= 4 is 48.6 Å². The van der Waals surface area contributed by atoms with Crippen LogP contribution in [-0.4, -0.2) is 0 Å². The quantitative estimate of drug-likeness (QED) is 0.208. The molecule has 7 aromatic rings. The van der Waals surface area contributed by atoms with Gasteiger partial charge in [-0.2, -0.15) is 0 Å². The third-order valence-corrected chi connectivity index (χ3v) is 10.2. The Bertz CT molecular complexity index is 2110. The molecule has 2 heteroatoms. The summed E-state index contributed by atoms with van der Waals surface area (Å²) in [5.74, 6) is 0. The Morgan fingerprint density at radius 1 is 0.524 bits per heavy atom. The summed E-state index contributed by atoms with van der Waals surface area (Å²) < 4.78 is 2.69. The Hall–Kier alpha value is -4.66. The van der Waals surface area contributed by atoms with Gasteiger partial charge in [-0.3, -0.25) is 0 Å². The van der Waals surface area contributed by atoms with Gasteiger partial charge in [-0.1, -0.05) is 110 Å². The largest absolute Gasteiger partial charge is 0.310 e. The maximum Gasteiger partial charge on any atom is 0.0465 e. The Morgan fingerprint density at radius 2 is 1.14 bits per heavy atom. The molecule has 0 N–H and O–H groups in total. The van der Waals surface area contributed by atoms with E-state index in [1.165, 1.54) is 64.8 Å². The van der Waals surface area contributed by atoms with Gasteiger partial charge >= 0.3 is 0 Å². The van der Waals surface area contributed by atoms with E-state index in [1.54, 1.807) is 0 Å².